The lowest BCUT2D eigenvalue weighted by Gasteiger charge is -2.42. The van der Waals surface area contributed by atoms with Crippen LogP contribution in [0.15, 0.2) is 0 Å². The maximum Gasteiger partial charge on any atom is 0.0617 e. The van der Waals surface area contributed by atoms with Crippen molar-refractivity contribution in [3.05, 3.63) is 0 Å². The maximum absolute atomic E-state index is 10.3. The first-order chi connectivity index (χ1) is 6.89. The Labute approximate surface area is 93.7 Å². The first-order valence-electron chi connectivity index (χ1n) is 6.29. The molecular weight excluding hydrogens is 186 g/mol. The number of rotatable bonds is 1. The van der Waals surface area contributed by atoms with Crippen LogP contribution in [-0.4, -0.2) is 35.2 Å². The van der Waals surface area contributed by atoms with Gasteiger partial charge >= 0.3 is 0 Å². The lowest BCUT2D eigenvalue weighted by Crippen LogP contribution is -2.46. The molecule has 0 aromatic heterocycles. The van der Waals surface area contributed by atoms with Gasteiger partial charge in [0, 0.05) is 12.1 Å². The zero-order valence-electron chi connectivity index (χ0n) is 10.5. The van der Waals surface area contributed by atoms with Gasteiger partial charge in [-0.2, -0.15) is 0 Å². The third-order valence-electron chi connectivity index (χ3n) is 4.47. The van der Waals surface area contributed by atoms with Gasteiger partial charge in [-0.1, -0.05) is 20.8 Å². The molecule has 2 nitrogen and oxygen atoms in total. The Morgan fingerprint density at radius 1 is 1.13 bits per heavy atom. The van der Waals surface area contributed by atoms with Crippen LogP contribution in [0.1, 0.15) is 46.5 Å². The number of nitrogens with zero attached hydrogens (tertiary/aromatic N) is 1. The Balaban J connectivity index is 2.03. The molecule has 2 saturated heterocycles. The maximum atomic E-state index is 10.3. The summed E-state index contributed by atoms with van der Waals surface area (Å²) in [7, 11) is 2.25. The van der Waals surface area contributed by atoms with Gasteiger partial charge < -0.3 is 10.0 Å². The Morgan fingerprint density at radius 3 is 2.00 bits per heavy atom. The molecule has 3 unspecified atom stereocenters. The second kappa shape index (κ2) is 3.74. The van der Waals surface area contributed by atoms with E-state index in [9.17, 15) is 5.11 Å². The molecule has 0 radical (unpaired) electrons. The van der Waals surface area contributed by atoms with Crippen LogP contribution in [0.4, 0.5) is 0 Å². The monoisotopic (exact) mass is 211 g/mol. The highest BCUT2D eigenvalue weighted by Gasteiger charge is 2.42. The van der Waals surface area contributed by atoms with E-state index in [1.165, 1.54) is 25.7 Å². The molecule has 0 aliphatic carbocycles. The average Bonchev–Trinajstić information content (AvgIpc) is 2.40. The molecule has 0 spiro atoms. The highest BCUT2D eigenvalue weighted by atomic mass is 16.3. The van der Waals surface area contributed by atoms with Crippen LogP contribution in [0.2, 0.25) is 0 Å². The van der Waals surface area contributed by atoms with Crippen LogP contribution in [-0.2, 0) is 0 Å². The first-order valence-corrected chi connectivity index (χ1v) is 6.29. The van der Waals surface area contributed by atoms with Crippen molar-refractivity contribution in [2.45, 2.75) is 64.6 Å². The summed E-state index contributed by atoms with van der Waals surface area (Å²) in [5.74, 6) is 0.527. The third kappa shape index (κ3) is 2.07. The SMILES string of the molecule is CN1C2CCC1CC(C(O)C(C)(C)C)C2. The smallest absolute Gasteiger partial charge is 0.0617 e. The summed E-state index contributed by atoms with van der Waals surface area (Å²) in [5.41, 5.74) is 0.0417. The molecule has 2 fully saturated rings. The molecule has 0 amide bonds. The van der Waals surface area contributed by atoms with Crippen LogP contribution in [0.25, 0.3) is 0 Å². The molecular formula is C13H25NO. The number of aliphatic hydroxyl groups is 1. The van der Waals surface area contributed by atoms with E-state index in [-0.39, 0.29) is 11.5 Å². The van der Waals surface area contributed by atoms with Crippen LogP contribution >= 0.6 is 0 Å². The van der Waals surface area contributed by atoms with Gasteiger partial charge in [0.25, 0.3) is 0 Å². The Kier molecular flexibility index (Phi) is 2.85. The summed E-state index contributed by atoms with van der Waals surface area (Å²) in [6, 6.07) is 1.48. The van der Waals surface area contributed by atoms with Crippen molar-refractivity contribution < 1.29 is 5.11 Å². The van der Waals surface area contributed by atoms with E-state index in [0.717, 1.165) is 12.1 Å². The van der Waals surface area contributed by atoms with Crippen molar-refractivity contribution in [1.82, 2.24) is 4.90 Å². The highest BCUT2D eigenvalue weighted by molar-refractivity contribution is 4.96. The van der Waals surface area contributed by atoms with Crippen LogP contribution in [0, 0.1) is 11.3 Å². The average molecular weight is 211 g/mol. The van der Waals surface area contributed by atoms with E-state index in [1.807, 2.05) is 0 Å². The van der Waals surface area contributed by atoms with Crippen molar-refractivity contribution >= 4 is 0 Å². The van der Waals surface area contributed by atoms with Gasteiger partial charge in [-0.15, -0.1) is 0 Å². The Hall–Kier alpha value is -0.0800. The molecule has 0 aromatic rings. The lowest BCUT2D eigenvalue weighted by atomic mass is 9.75. The fourth-order valence-electron chi connectivity index (χ4n) is 3.42. The summed E-state index contributed by atoms with van der Waals surface area (Å²) >= 11 is 0. The van der Waals surface area contributed by atoms with Gasteiger partial charge in [0.1, 0.15) is 0 Å². The van der Waals surface area contributed by atoms with E-state index in [4.69, 9.17) is 0 Å². The van der Waals surface area contributed by atoms with Crippen LogP contribution in [0.5, 0.6) is 0 Å². The van der Waals surface area contributed by atoms with Crippen LogP contribution < -0.4 is 0 Å². The number of fused-ring (bicyclic) bond motifs is 2. The lowest BCUT2D eigenvalue weighted by molar-refractivity contribution is -0.0259. The van der Waals surface area contributed by atoms with E-state index in [0.29, 0.717) is 5.92 Å². The Morgan fingerprint density at radius 2 is 1.60 bits per heavy atom. The number of piperidine rings is 1. The standard InChI is InChI=1S/C13H25NO/c1-13(2,3)12(15)9-7-10-5-6-11(8-9)14(10)4/h9-12,15H,5-8H2,1-4H3. The zero-order valence-corrected chi connectivity index (χ0v) is 10.5. The molecule has 88 valence electrons. The summed E-state index contributed by atoms with van der Waals surface area (Å²) in [6.45, 7) is 6.45. The fourth-order valence-corrected chi connectivity index (χ4v) is 3.42. The highest BCUT2D eigenvalue weighted by Crippen LogP contribution is 2.41. The second-order valence-electron chi connectivity index (χ2n) is 6.59. The third-order valence-corrected chi connectivity index (χ3v) is 4.47. The minimum absolute atomic E-state index is 0.0417. The minimum atomic E-state index is -0.130. The summed E-state index contributed by atoms with van der Waals surface area (Å²) in [5, 5.41) is 10.3. The van der Waals surface area contributed by atoms with Crippen molar-refractivity contribution in [2.24, 2.45) is 11.3 Å². The van der Waals surface area contributed by atoms with E-state index >= 15 is 0 Å². The molecule has 2 rings (SSSR count). The Bertz CT molecular complexity index is 219. The summed E-state index contributed by atoms with van der Waals surface area (Å²) < 4.78 is 0. The topological polar surface area (TPSA) is 23.5 Å². The largest absolute Gasteiger partial charge is 0.392 e. The number of aliphatic hydroxyl groups excluding tert-OH is 1. The minimum Gasteiger partial charge on any atom is -0.392 e. The summed E-state index contributed by atoms with van der Waals surface area (Å²) in [6.07, 6.45) is 4.95. The van der Waals surface area contributed by atoms with Crippen LogP contribution in [0.3, 0.4) is 0 Å². The molecule has 2 aliphatic rings. The van der Waals surface area contributed by atoms with E-state index < -0.39 is 0 Å². The first kappa shape index (κ1) is 11.4. The predicted molar refractivity (Wildman–Crippen MR) is 62.8 cm³/mol. The van der Waals surface area contributed by atoms with Crippen molar-refractivity contribution in [1.29, 1.82) is 0 Å². The molecule has 0 aromatic carbocycles. The molecule has 0 saturated carbocycles. The molecule has 2 heteroatoms. The van der Waals surface area contributed by atoms with Gasteiger partial charge in [-0.25, -0.2) is 0 Å². The van der Waals surface area contributed by atoms with Gasteiger partial charge in [-0.3, -0.25) is 0 Å². The molecule has 2 heterocycles. The molecule has 1 N–H and O–H groups in total. The van der Waals surface area contributed by atoms with Crippen molar-refractivity contribution in [3.8, 4) is 0 Å². The quantitative estimate of drug-likeness (QED) is 0.719. The van der Waals surface area contributed by atoms with Gasteiger partial charge in [0.15, 0.2) is 0 Å². The van der Waals surface area contributed by atoms with Gasteiger partial charge in [0.2, 0.25) is 0 Å². The number of hydrogen-bond donors (Lipinski definition) is 1. The van der Waals surface area contributed by atoms with Gasteiger partial charge in [0.05, 0.1) is 6.10 Å². The zero-order chi connectivity index (χ0) is 11.2. The van der Waals surface area contributed by atoms with Crippen molar-refractivity contribution in [3.63, 3.8) is 0 Å². The van der Waals surface area contributed by atoms with E-state index in [2.05, 4.69) is 32.7 Å². The van der Waals surface area contributed by atoms with Crippen molar-refractivity contribution in [2.75, 3.05) is 7.05 Å². The van der Waals surface area contributed by atoms with E-state index in [1.54, 1.807) is 0 Å². The molecule has 3 atom stereocenters. The molecule has 2 bridgehead atoms. The molecule has 2 aliphatic heterocycles. The number of hydrogen-bond acceptors (Lipinski definition) is 2. The fraction of sp³-hybridized carbons (Fsp3) is 1.00. The molecule has 15 heavy (non-hydrogen) atoms. The second-order valence-corrected chi connectivity index (χ2v) is 6.59. The van der Waals surface area contributed by atoms with Gasteiger partial charge in [-0.05, 0) is 44.1 Å². The summed E-state index contributed by atoms with van der Waals surface area (Å²) in [4.78, 5) is 2.53. The normalized spacial score (nSPS) is 39.4. The predicted octanol–water partition coefficient (Wildman–Crippen LogP) is 2.27.